The number of hydrogen-bond donors (Lipinski definition) is 0. The van der Waals surface area contributed by atoms with Gasteiger partial charge >= 0.3 is 0 Å². The lowest BCUT2D eigenvalue weighted by Gasteiger charge is -2.05. The summed E-state index contributed by atoms with van der Waals surface area (Å²) in [5.41, 5.74) is 4.04. The van der Waals surface area contributed by atoms with Crippen LogP contribution in [0.5, 0.6) is 0 Å². The molecule has 102 valence electrons. The number of benzene rings is 2. The number of fused-ring (bicyclic) bond motifs is 1. The first-order valence-corrected chi connectivity index (χ1v) is 8.73. The number of furan rings is 1. The summed E-state index contributed by atoms with van der Waals surface area (Å²) in [5, 5.41) is 1.05. The second kappa shape index (κ2) is 5.64. The molecule has 0 aliphatic rings. The molecular formula is C16H13BrO2S. The van der Waals surface area contributed by atoms with Gasteiger partial charge in [0.2, 0.25) is 0 Å². The van der Waals surface area contributed by atoms with Crippen LogP contribution in [-0.2, 0) is 16.9 Å². The fourth-order valence-corrected chi connectivity index (χ4v) is 3.58. The molecule has 1 aromatic heterocycles. The average molecular weight is 349 g/mol. The Hall–Kier alpha value is -1.23. The fraction of sp³-hybridized carbons (Fsp3) is 0.125. The van der Waals surface area contributed by atoms with E-state index in [0.717, 1.165) is 32.3 Å². The molecule has 4 heteroatoms. The summed E-state index contributed by atoms with van der Waals surface area (Å²) < 4.78 is 17.9. The van der Waals surface area contributed by atoms with Crippen LogP contribution in [0.3, 0.4) is 0 Å². The Morgan fingerprint density at radius 1 is 1.15 bits per heavy atom. The van der Waals surface area contributed by atoms with Crippen LogP contribution < -0.4 is 0 Å². The monoisotopic (exact) mass is 348 g/mol. The van der Waals surface area contributed by atoms with Crippen molar-refractivity contribution < 1.29 is 8.97 Å². The maximum atomic E-state index is 11.4. The Bertz CT molecular complexity index is 735. The average Bonchev–Trinajstić information content (AvgIpc) is 2.74. The first kappa shape index (κ1) is 13.7. The van der Waals surface area contributed by atoms with Crippen molar-refractivity contribution in [1.29, 1.82) is 0 Å². The van der Waals surface area contributed by atoms with E-state index in [-0.39, 0.29) is 0 Å². The van der Waals surface area contributed by atoms with Crippen molar-refractivity contribution in [1.82, 2.24) is 0 Å². The lowest BCUT2D eigenvalue weighted by atomic mass is 10.0. The van der Waals surface area contributed by atoms with E-state index >= 15 is 0 Å². The normalized spacial score (nSPS) is 12.8. The first-order valence-electron chi connectivity index (χ1n) is 6.21. The molecule has 0 spiro atoms. The van der Waals surface area contributed by atoms with Gasteiger partial charge in [0.15, 0.2) is 4.67 Å². The van der Waals surface area contributed by atoms with Crippen molar-refractivity contribution in [3.05, 3.63) is 58.8 Å². The predicted octanol–water partition coefficient (Wildman–Crippen LogP) is 4.74. The summed E-state index contributed by atoms with van der Waals surface area (Å²) in [6, 6.07) is 16.1. The van der Waals surface area contributed by atoms with Gasteiger partial charge < -0.3 is 8.97 Å². The van der Waals surface area contributed by atoms with Gasteiger partial charge in [-0.3, -0.25) is 0 Å². The molecule has 2 nitrogen and oxygen atoms in total. The highest BCUT2D eigenvalue weighted by atomic mass is 79.9. The lowest BCUT2D eigenvalue weighted by Crippen LogP contribution is -2.00. The molecule has 3 aromatic rings. The van der Waals surface area contributed by atoms with E-state index in [1.54, 1.807) is 6.26 Å². The van der Waals surface area contributed by atoms with Crippen molar-refractivity contribution in [2.45, 2.75) is 5.75 Å². The minimum Gasteiger partial charge on any atom is -0.616 e. The van der Waals surface area contributed by atoms with E-state index in [1.807, 2.05) is 30.3 Å². The third-order valence-corrected chi connectivity index (χ3v) is 4.44. The van der Waals surface area contributed by atoms with Crippen molar-refractivity contribution in [2.75, 3.05) is 6.26 Å². The number of hydrogen-bond acceptors (Lipinski definition) is 2. The highest BCUT2D eigenvalue weighted by Crippen LogP contribution is 2.38. The van der Waals surface area contributed by atoms with Gasteiger partial charge in [-0.25, -0.2) is 0 Å². The van der Waals surface area contributed by atoms with E-state index in [1.165, 1.54) is 0 Å². The summed E-state index contributed by atoms with van der Waals surface area (Å²) in [6.45, 7) is 0. The summed E-state index contributed by atoms with van der Waals surface area (Å²) in [5.74, 6) is 0.562. The van der Waals surface area contributed by atoms with Gasteiger partial charge in [0.05, 0.1) is 6.26 Å². The molecule has 0 fully saturated rings. The maximum absolute atomic E-state index is 11.4. The first-order chi connectivity index (χ1) is 9.65. The van der Waals surface area contributed by atoms with Crippen LogP contribution in [0.15, 0.2) is 57.6 Å². The summed E-state index contributed by atoms with van der Waals surface area (Å²) in [6.07, 6.45) is 1.72. The van der Waals surface area contributed by atoms with Crippen molar-refractivity contribution >= 4 is 38.1 Å². The number of rotatable bonds is 3. The zero-order chi connectivity index (χ0) is 14.1. The predicted molar refractivity (Wildman–Crippen MR) is 87.1 cm³/mol. The molecule has 2 aromatic carbocycles. The van der Waals surface area contributed by atoms with Gasteiger partial charge in [-0.2, -0.15) is 0 Å². The molecule has 1 atom stereocenters. The molecule has 1 heterocycles. The molecule has 0 radical (unpaired) electrons. The highest BCUT2D eigenvalue weighted by Gasteiger charge is 2.15. The van der Waals surface area contributed by atoms with Gasteiger partial charge in [-0.15, -0.1) is 0 Å². The van der Waals surface area contributed by atoms with Crippen LogP contribution in [-0.4, -0.2) is 10.8 Å². The Kier molecular flexibility index (Phi) is 3.87. The molecule has 0 saturated carbocycles. The van der Waals surface area contributed by atoms with Crippen LogP contribution in [0.1, 0.15) is 5.56 Å². The molecule has 0 N–H and O–H groups in total. The van der Waals surface area contributed by atoms with Gasteiger partial charge in [0.1, 0.15) is 11.3 Å². The highest BCUT2D eigenvalue weighted by molar-refractivity contribution is 9.10. The summed E-state index contributed by atoms with van der Waals surface area (Å²) >= 11 is 2.65. The van der Waals surface area contributed by atoms with Crippen LogP contribution in [0, 0.1) is 0 Å². The zero-order valence-electron chi connectivity index (χ0n) is 10.9. The van der Waals surface area contributed by atoms with Crippen molar-refractivity contribution in [3.8, 4) is 11.1 Å². The lowest BCUT2D eigenvalue weighted by molar-refractivity contribution is 0.588. The van der Waals surface area contributed by atoms with E-state index in [2.05, 4.69) is 34.1 Å². The second-order valence-electron chi connectivity index (χ2n) is 4.66. The Balaban J connectivity index is 2.18. The van der Waals surface area contributed by atoms with Crippen molar-refractivity contribution in [2.24, 2.45) is 0 Å². The Labute approximate surface area is 129 Å². The quantitative estimate of drug-likeness (QED) is 0.641. The second-order valence-corrected chi connectivity index (χ2v) is 6.82. The third-order valence-electron chi connectivity index (χ3n) is 3.14. The van der Waals surface area contributed by atoms with Gasteiger partial charge in [0, 0.05) is 16.5 Å². The van der Waals surface area contributed by atoms with E-state index < -0.39 is 11.2 Å². The molecule has 0 aliphatic heterocycles. The third kappa shape index (κ3) is 2.64. The van der Waals surface area contributed by atoms with Crippen LogP contribution >= 0.6 is 15.9 Å². The fourth-order valence-electron chi connectivity index (χ4n) is 2.31. The molecule has 3 rings (SSSR count). The standard InChI is InChI=1S/C16H13BrO2S/c1-20(18)10-11-7-8-14-13(9-11)15(16(17)19-14)12-5-3-2-4-6-12/h2-9H,10H2,1H3. The van der Waals surface area contributed by atoms with Gasteiger partial charge in [-0.1, -0.05) is 47.6 Å². The summed E-state index contributed by atoms with van der Waals surface area (Å²) in [4.78, 5) is 0. The molecule has 0 bridgehead atoms. The summed E-state index contributed by atoms with van der Waals surface area (Å²) in [7, 11) is 0. The van der Waals surface area contributed by atoms with Crippen LogP contribution in [0.2, 0.25) is 0 Å². The Morgan fingerprint density at radius 3 is 2.60 bits per heavy atom. The Morgan fingerprint density at radius 2 is 1.90 bits per heavy atom. The van der Waals surface area contributed by atoms with E-state index in [0.29, 0.717) is 5.75 Å². The van der Waals surface area contributed by atoms with Crippen LogP contribution in [0.4, 0.5) is 0 Å². The SMILES string of the molecule is C[S+]([O-])Cc1ccc2oc(Br)c(-c3ccccc3)c2c1. The minimum atomic E-state index is -0.846. The zero-order valence-corrected chi connectivity index (χ0v) is 13.3. The largest absolute Gasteiger partial charge is 0.616 e. The van der Waals surface area contributed by atoms with Gasteiger partial charge in [0.25, 0.3) is 0 Å². The molecule has 0 aliphatic carbocycles. The molecular weight excluding hydrogens is 336 g/mol. The minimum absolute atomic E-state index is 0.562. The molecule has 20 heavy (non-hydrogen) atoms. The van der Waals surface area contributed by atoms with Crippen LogP contribution in [0.25, 0.3) is 22.1 Å². The van der Waals surface area contributed by atoms with Crippen molar-refractivity contribution in [3.63, 3.8) is 0 Å². The molecule has 0 saturated heterocycles. The number of halogens is 1. The molecule has 0 amide bonds. The van der Waals surface area contributed by atoms with E-state index in [4.69, 9.17) is 4.42 Å². The topological polar surface area (TPSA) is 36.2 Å². The maximum Gasteiger partial charge on any atom is 0.178 e. The van der Waals surface area contributed by atoms with E-state index in [9.17, 15) is 4.55 Å². The molecule has 1 unspecified atom stereocenters. The van der Waals surface area contributed by atoms with Gasteiger partial charge in [-0.05, 0) is 33.6 Å². The smallest absolute Gasteiger partial charge is 0.178 e.